The molecule has 0 radical (unpaired) electrons. The van der Waals surface area contributed by atoms with Crippen molar-refractivity contribution in [3.8, 4) is 23.0 Å². The van der Waals surface area contributed by atoms with Gasteiger partial charge in [-0.15, -0.1) is 6.58 Å². The van der Waals surface area contributed by atoms with Gasteiger partial charge in [0.1, 0.15) is 98.3 Å². The lowest BCUT2D eigenvalue weighted by Gasteiger charge is -2.32. The average molecular weight is 1410 g/mol. The summed E-state index contributed by atoms with van der Waals surface area (Å²) < 4.78 is 89.0. The molecule has 13 atom stereocenters. The maximum atomic E-state index is 10.6. The Kier molecular flexibility index (Phi) is 32.7. The summed E-state index contributed by atoms with van der Waals surface area (Å²) >= 11 is 0. The van der Waals surface area contributed by atoms with E-state index in [1.807, 2.05) is 91.9 Å². The summed E-state index contributed by atoms with van der Waals surface area (Å²) in [5.41, 5.74) is 3.98. The fourth-order valence-electron chi connectivity index (χ4n) is 11.6. The van der Waals surface area contributed by atoms with E-state index in [2.05, 4.69) is 77.6 Å². The number of ether oxygens (including phenoxy) is 16. The number of rotatable bonds is 51. The van der Waals surface area contributed by atoms with E-state index in [1.165, 1.54) is 12.0 Å². The quantitative estimate of drug-likeness (QED) is 0.0237. The minimum atomic E-state index is -0.801. The molecule has 13 unspecified atom stereocenters. The number of benzene rings is 4. The van der Waals surface area contributed by atoms with Crippen LogP contribution in [-0.4, -0.2) is 226 Å². The highest BCUT2D eigenvalue weighted by Gasteiger charge is 2.39. The molecule has 0 aliphatic carbocycles. The van der Waals surface area contributed by atoms with Crippen LogP contribution in [0.5, 0.6) is 23.0 Å². The van der Waals surface area contributed by atoms with Crippen molar-refractivity contribution in [3.05, 3.63) is 156 Å². The lowest BCUT2D eigenvalue weighted by atomic mass is 9.78. The molecule has 7 aliphatic heterocycles. The zero-order chi connectivity index (χ0) is 71.3. The standard InChI is InChI=1S/C45H56O10.C21H34O4.C15H26O6/c1-31(49-27-42-29-54-42)22-48-23-36(46)24-50-38-14-6-32(7-15-38)44(2,3)33-8-16-39(17-9-33)51-25-37(47)26-52-40-18-10-34(11-19-40)45(4,5)35-12-20-41(21-13-35)53-28-43-30-55-43;1-2-9-17(10-5-3-6-12-19-21(16-23)25-19)13-14-20-18(24-20)11-7-4-8-15-22;1-2-15(9-16-3-12-6-19-12,10-17-4-13-7-20-13)11-18-5-14-8-21-14/h6-21,31,36-37,42-43,46-47H,22-30H2,1-5H3;2-5,8,17-23H,1,6-7,9-16H2;12-14H,2-11H2,1H3/b;5-3-,8-4+;. The van der Waals surface area contributed by atoms with Gasteiger partial charge in [0.2, 0.25) is 0 Å². The fraction of sp³-hybridized carbons (Fsp3) is 0.630. The molecule has 4 aromatic carbocycles. The predicted octanol–water partition coefficient (Wildman–Crippen LogP) is 10.7. The van der Waals surface area contributed by atoms with Gasteiger partial charge in [-0.3, -0.25) is 0 Å². The number of epoxide rings is 7. The third-order valence-electron chi connectivity index (χ3n) is 19.3. The maximum Gasteiger partial charge on any atom is 0.122 e. The Morgan fingerprint density at radius 2 is 0.851 bits per heavy atom. The second-order valence-electron chi connectivity index (χ2n) is 28.8. The van der Waals surface area contributed by atoms with Crippen molar-refractivity contribution in [2.75, 3.05) is 132 Å². The monoisotopic (exact) mass is 1410 g/mol. The Balaban J connectivity index is 0.000000211. The molecule has 7 heterocycles. The second-order valence-corrected chi connectivity index (χ2v) is 28.8. The molecule has 20 heteroatoms. The molecular weight excluding hydrogens is 1290 g/mol. The molecule has 560 valence electrons. The van der Waals surface area contributed by atoms with Crippen LogP contribution >= 0.6 is 0 Å². The van der Waals surface area contributed by atoms with Crippen molar-refractivity contribution in [2.45, 2.75) is 183 Å². The highest BCUT2D eigenvalue weighted by molar-refractivity contribution is 5.43. The molecule has 7 aliphatic rings. The van der Waals surface area contributed by atoms with E-state index in [4.69, 9.17) is 86.0 Å². The number of allylic oxidation sites excluding steroid dienone is 4. The second kappa shape index (κ2) is 41.4. The van der Waals surface area contributed by atoms with Gasteiger partial charge in [0.25, 0.3) is 0 Å². The van der Waals surface area contributed by atoms with Gasteiger partial charge in [0, 0.05) is 16.2 Å². The van der Waals surface area contributed by atoms with Crippen molar-refractivity contribution in [2.24, 2.45) is 11.3 Å². The average Bonchev–Trinajstić information content (AvgIpc) is 1.73. The SMILES string of the molecule is C=CCC(C/C=C\CCC1OC1CO)CCC1OC1CC/C=C/CO.CC(COCC(O)COc1ccc(C(C)(C)c2ccc(OCC(O)COc3ccc(C(C)(C)c4ccc(OCC5CO5)cc4)cc3)cc2)cc1)OCC1CO1.CCC(COCC1CO1)(COCC1CO1)COCC1CO1. The van der Waals surface area contributed by atoms with Crippen molar-refractivity contribution >= 4 is 0 Å². The Labute approximate surface area is 599 Å². The number of hydrogen-bond donors (Lipinski definition) is 4. The van der Waals surface area contributed by atoms with Crippen molar-refractivity contribution in [1.29, 1.82) is 0 Å². The summed E-state index contributed by atoms with van der Waals surface area (Å²) in [5, 5.41) is 38.5. The van der Waals surface area contributed by atoms with Crippen LogP contribution in [0.1, 0.15) is 122 Å². The molecule has 11 rings (SSSR count). The maximum absolute atomic E-state index is 10.6. The first-order valence-electron chi connectivity index (χ1n) is 36.8. The molecule has 0 amide bonds. The summed E-state index contributed by atoms with van der Waals surface area (Å²) in [7, 11) is 0. The predicted molar refractivity (Wildman–Crippen MR) is 385 cm³/mol. The molecule has 7 fully saturated rings. The van der Waals surface area contributed by atoms with Crippen molar-refractivity contribution in [1.82, 2.24) is 0 Å². The van der Waals surface area contributed by atoms with Gasteiger partial charge < -0.3 is 96.2 Å². The van der Waals surface area contributed by atoms with Gasteiger partial charge in [0.15, 0.2) is 0 Å². The fourth-order valence-corrected chi connectivity index (χ4v) is 11.6. The Morgan fingerprint density at radius 3 is 1.26 bits per heavy atom. The lowest BCUT2D eigenvalue weighted by Crippen LogP contribution is -2.38. The van der Waals surface area contributed by atoms with Crippen molar-refractivity contribution in [3.63, 3.8) is 0 Å². The smallest absolute Gasteiger partial charge is 0.122 e. The molecular formula is C81H116O20. The molecule has 0 aromatic heterocycles. The first kappa shape index (κ1) is 79.8. The van der Waals surface area contributed by atoms with Gasteiger partial charge >= 0.3 is 0 Å². The molecule has 0 bridgehead atoms. The highest BCUT2D eigenvalue weighted by Crippen LogP contribution is 2.37. The van der Waals surface area contributed by atoms with E-state index >= 15 is 0 Å². The Hall–Kier alpha value is -5.34. The first-order valence-corrected chi connectivity index (χ1v) is 36.8. The summed E-state index contributed by atoms with van der Waals surface area (Å²) in [6.07, 6.45) is 20.8. The Morgan fingerprint density at radius 1 is 0.465 bits per heavy atom. The minimum Gasteiger partial charge on any atom is -0.491 e. The van der Waals surface area contributed by atoms with Gasteiger partial charge in [-0.25, -0.2) is 0 Å². The topological polar surface area (TPSA) is 252 Å². The molecule has 0 spiro atoms. The van der Waals surface area contributed by atoms with Crippen LogP contribution < -0.4 is 18.9 Å². The molecule has 0 saturated carbocycles. The van der Waals surface area contributed by atoms with E-state index in [1.54, 1.807) is 6.08 Å². The number of aliphatic hydroxyl groups is 4. The Bertz CT molecular complexity index is 2950. The third-order valence-corrected chi connectivity index (χ3v) is 19.3. The van der Waals surface area contributed by atoms with Crippen LogP contribution in [0, 0.1) is 11.3 Å². The van der Waals surface area contributed by atoms with Gasteiger partial charge in [-0.2, -0.15) is 0 Å². The van der Waals surface area contributed by atoms with Gasteiger partial charge in [-0.05, 0) is 141 Å². The first-order chi connectivity index (χ1) is 49.0. The van der Waals surface area contributed by atoms with E-state index in [0.717, 1.165) is 107 Å². The molecule has 20 nitrogen and oxygen atoms in total. The number of aliphatic hydroxyl groups excluding tert-OH is 4. The van der Waals surface area contributed by atoms with E-state index in [-0.39, 0.29) is 86.4 Å². The highest BCUT2D eigenvalue weighted by atomic mass is 16.6. The zero-order valence-corrected chi connectivity index (χ0v) is 60.7. The minimum absolute atomic E-state index is 0.0605. The molecule has 7 saturated heterocycles. The third kappa shape index (κ3) is 30.0. The normalized spacial score (nSPS) is 24.0. The van der Waals surface area contributed by atoms with Crippen LogP contribution in [0.4, 0.5) is 0 Å². The zero-order valence-electron chi connectivity index (χ0n) is 60.7. The van der Waals surface area contributed by atoms with E-state index in [9.17, 15) is 10.2 Å². The van der Waals surface area contributed by atoms with Crippen LogP contribution in [-0.2, 0) is 67.7 Å². The van der Waals surface area contributed by atoms with Crippen molar-refractivity contribution < 1.29 is 96.2 Å². The number of hydrogen-bond acceptors (Lipinski definition) is 20. The van der Waals surface area contributed by atoms with Crippen LogP contribution in [0.3, 0.4) is 0 Å². The van der Waals surface area contributed by atoms with E-state index < -0.39 is 12.2 Å². The van der Waals surface area contributed by atoms with Gasteiger partial charge in [-0.1, -0.05) is 114 Å². The van der Waals surface area contributed by atoms with Crippen LogP contribution in [0.2, 0.25) is 0 Å². The summed E-state index contributed by atoms with van der Waals surface area (Å²) in [4.78, 5) is 0. The van der Waals surface area contributed by atoms with Crippen LogP contribution in [0.25, 0.3) is 0 Å². The lowest BCUT2D eigenvalue weighted by molar-refractivity contribution is -0.0762. The van der Waals surface area contributed by atoms with E-state index in [0.29, 0.717) is 113 Å². The summed E-state index contributed by atoms with van der Waals surface area (Å²) in [5.74, 6) is 3.52. The van der Waals surface area contributed by atoms with Gasteiger partial charge in [0.05, 0.1) is 130 Å². The molecule has 101 heavy (non-hydrogen) atoms. The molecule has 4 aromatic rings. The van der Waals surface area contributed by atoms with Crippen LogP contribution in [0.15, 0.2) is 134 Å². The summed E-state index contributed by atoms with van der Waals surface area (Å²) in [6, 6.07) is 32.1. The molecule has 4 N–H and O–H groups in total. The largest absolute Gasteiger partial charge is 0.491 e. The summed E-state index contributed by atoms with van der Waals surface area (Å²) in [6.45, 7) is 27.0.